The van der Waals surface area contributed by atoms with Gasteiger partial charge in [0.15, 0.2) is 0 Å². The van der Waals surface area contributed by atoms with Gasteiger partial charge in [-0.25, -0.2) is 0 Å². The Hall–Kier alpha value is -0.480. The van der Waals surface area contributed by atoms with E-state index < -0.39 is 0 Å². The summed E-state index contributed by atoms with van der Waals surface area (Å²) in [7, 11) is 0. The average Bonchev–Trinajstić information content (AvgIpc) is 2.30. The smallest absolute Gasteiger partial charge is 0.253 e. The fourth-order valence-corrected chi connectivity index (χ4v) is 2.41. The molecule has 0 aromatic heterocycles. The molecular weight excluding hydrogens is 295 g/mol. The highest BCUT2D eigenvalue weighted by molar-refractivity contribution is 6.36. The Kier molecular flexibility index (Phi) is 6.22. The Morgan fingerprint density at radius 1 is 1.39 bits per heavy atom. The van der Waals surface area contributed by atoms with E-state index in [2.05, 4.69) is 10.6 Å². The summed E-state index contributed by atoms with van der Waals surface area (Å²) in [4.78, 5) is 12.0. The van der Waals surface area contributed by atoms with Crippen molar-refractivity contribution in [1.82, 2.24) is 10.6 Å². The summed E-state index contributed by atoms with van der Waals surface area (Å²) in [6.07, 6.45) is 2.09. The van der Waals surface area contributed by atoms with Crippen LogP contribution in [0, 0.1) is 0 Å². The zero-order valence-corrected chi connectivity index (χ0v) is 12.0. The minimum Gasteiger partial charge on any atom is -0.348 e. The summed E-state index contributed by atoms with van der Waals surface area (Å²) < 4.78 is 0. The summed E-state index contributed by atoms with van der Waals surface area (Å²) in [6.45, 7) is 1.84. The van der Waals surface area contributed by atoms with Gasteiger partial charge in [0.1, 0.15) is 0 Å². The van der Waals surface area contributed by atoms with Crippen molar-refractivity contribution >= 4 is 41.5 Å². The van der Waals surface area contributed by atoms with Gasteiger partial charge in [0, 0.05) is 17.6 Å². The van der Waals surface area contributed by atoms with Crippen LogP contribution in [0.15, 0.2) is 18.2 Å². The van der Waals surface area contributed by atoms with Gasteiger partial charge in [0.25, 0.3) is 5.91 Å². The second kappa shape index (κ2) is 7.19. The lowest BCUT2D eigenvalue weighted by Crippen LogP contribution is -2.45. The highest BCUT2D eigenvalue weighted by Crippen LogP contribution is 2.21. The highest BCUT2D eigenvalue weighted by Gasteiger charge is 2.17. The van der Waals surface area contributed by atoms with Crippen molar-refractivity contribution < 1.29 is 4.79 Å². The molecule has 0 aliphatic carbocycles. The SMILES string of the molecule is Cl.O=C(N[C@H]1CCCNC1)c1ccc(Cl)cc1Cl. The Labute approximate surface area is 123 Å². The number of hydrogen-bond acceptors (Lipinski definition) is 2. The zero-order valence-electron chi connectivity index (χ0n) is 9.71. The third kappa shape index (κ3) is 4.02. The number of carbonyl (C=O) groups is 1. The first-order valence-electron chi connectivity index (χ1n) is 5.63. The molecule has 0 unspecified atom stereocenters. The fraction of sp³-hybridized carbons (Fsp3) is 0.417. The van der Waals surface area contributed by atoms with Crippen LogP contribution in [0.25, 0.3) is 0 Å². The number of piperidine rings is 1. The van der Waals surface area contributed by atoms with Gasteiger partial charge in [-0.05, 0) is 37.6 Å². The van der Waals surface area contributed by atoms with Crippen LogP contribution in [0.1, 0.15) is 23.2 Å². The molecule has 0 spiro atoms. The molecule has 0 radical (unpaired) electrons. The maximum atomic E-state index is 12.0. The first kappa shape index (κ1) is 15.6. The molecule has 1 amide bonds. The molecule has 1 aromatic carbocycles. The van der Waals surface area contributed by atoms with Crippen molar-refractivity contribution in [2.24, 2.45) is 0 Å². The standard InChI is InChI=1S/C12H14Cl2N2O.ClH/c13-8-3-4-10(11(14)6-8)12(17)16-9-2-1-5-15-7-9;/h3-4,6,9,15H,1-2,5,7H2,(H,16,17);1H/t9-;/m0./s1. The molecule has 1 aliphatic rings. The molecule has 3 nitrogen and oxygen atoms in total. The van der Waals surface area contributed by atoms with E-state index in [0.717, 1.165) is 25.9 Å². The minimum atomic E-state index is -0.139. The first-order valence-corrected chi connectivity index (χ1v) is 6.39. The molecule has 18 heavy (non-hydrogen) atoms. The largest absolute Gasteiger partial charge is 0.348 e. The lowest BCUT2D eigenvalue weighted by atomic mass is 10.1. The van der Waals surface area contributed by atoms with Crippen LogP contribution in [0.4, 0.5) is 0 Å². The number of amides is 1. The number of hydrogen-bond donors (Lipinski definition) is 2. The van der Waals surface area contributed by atoms with Crippen LogP contribution in [0.2, 0.25) is 10.0 Å². The molecule has 1 heterocycles. The first-order chi connectivity index (χ1) is 8.16. The lowest BCUT2D eigenvalue weighted by molar-refractivity contribution is 0.0931. The molecule has 1 saturated heterocycles. The number of halogens is 3. The summed E-state index contributed by atoms with van der Waals surface area (Å²) in [5.41, 5.74) is 0.474. The quantitative estimate of drug-likeness (QED) is 0.882. The third-order valence-corrected chi connectivity index (χ3v) is 3.36. The van der Waals surface area contributed by atoms with Gasteiger partial charge in [-0.3, -0.25) is 4.79 Å². The molecule has 0 saturated carbocycles. The Balaban J connectivity index is 0.00000162. The van der Waals surface area contributed by atoms with Crippen molar-refractivity contribution in [1.29, 1.82) is 0 Å². The van der Waals surface area contributed by atoms with E-state index in [1.165, 1.54) is 0 Å². The lowest BCUT2D eigenvalue weighted by Gasteiger charge is -2.23. The van der Waals surface area contributed by atoms with Crippen LogP contribution < -0.4 is 10.6 Å². The topological polar surface area (TPSA) is 41.1 Å². The molecule has 1 aliphatic heterocycles. The molecule has 1 atom stereocenters. The van der Waals surface area contributed by atoms with Crippen LogP contribution in [-0.2, 0) is 0 Å². The molecule has 6 heteroatoms. The van der Waals surface area contributed by atoms with E-state index in [1.54, 1.807) is 18.2 Å². The van der Waals surface area contributed by atoms with Crippen molar-refractivity contribution in [2.75, 3.05) is 13.1 Å². The van der Waals surface area contributed by atoms with Gasteiger partial charge >= 0.3 is 0 Å². The Morgan fingerprint density at radius 3 is 2.78 bits per heavy atom. The van der Waals surface area contributed by atoms with Crippen LogP contribution in [0.3, 0.4) is 0 Å². The van der Waals surface area contributed by atoms with Crippen molar-refractivity contribution in [3.05, 3.63) is 33.8 Å². The molecule has 100 valence electrons. The van der Waals surface area contributed by atoms with E-state index >= 15 is 0 Å². The van der Waals surface area contributed by atoms with Crippen LogP contribution in [-0.4, -0.2) is 25.0 Å². The van der Waals surface area contributed by atoms with E-state index in [1.807, 2.05) is 0 Å². The maximum absolute atomic E-state index is 12.0. The van der Waals surface area contributed by atoms with Crippen molar-refractivity contribution in [3.63, 3.8) is 0 Å². The molecule has 2 N–H and O–H groups in total. The van der Waals surface area contributed by atoms with Crippen LogP contribution >= 0.6 is 35.6 Å². The number of rotatable bonds is 2. The second-order valence-corrected chi connectivity index (χ2v) is 4.98. The van der Waals surface area contributed by atoms with Crippen molar-refractivity contribution in [2.45, 2.75) is 18.9 Å². The molecule has 0 bridgehead atoms. The number of benzene rings is 1. The number of carbonyl (C=O) groups excluding carboxylic acids is 1. The van der Waals surface area contributed by atoms with E-state index in [-0.39, 0.29) is 24.4 Å². The van der Waals surface area contributed by atoms with E-state index in [9.17, 15) is 4.79 Å². The third-order valence-electron chi connectivity index (χ3n) is 2.81. The molecule has 1 fully saturated rings. The highest BCUT2D eigenvalue weighted by atomic mass is 35.5. The van der Waals surface area contributed by atoms with Gasteiger partial charge < -0.3 is 10.6 Å². The Morgan fingerprint density at radius 2 is 2.17 bits per heavy atom. The second-order valence-electron chi connectivity index (χ2n) is 4.14. The average molecular weight is 310 g/mol. The summed E-state index contributed by atoms with van der Waals surface area (Å²) in [5, 5.41) is 7.13. The zero-order chi connectivity index (χ0) is 12.3. The van der Waals surface area contributed by atoms with Crippen LogP contribution in [0.5, 0.6) is 0 Å². The van der Waals surface area contributed by atoms with Gasteiger partial charge in [0.2, 0.25) is 0 Å². The normalized spacial score (nSPS) is 18.9. The van der Waals surface area contributed by atoms with Gasteiger partial charge in [-0.15, -0.1) is 12.4 Å². The monoisotopic (exact) mass is 308 g/mol. The molecule has 1 aromatic rings. The predicted molar refractivity (Wildman–Crippen MR) is 77.1 cm³/mol. The van der Waals surface area contributed by atoms with Gasteiger partial charge in [-0.2, -0.15) is 0 Å². The fourth-order valence-electron chi connectivity index (χ4n) is 1.91. The molecule has 2 rings (SSSR count). The van der Waals surface area contributed by atoms with E-state index in [0.29, 0.717) is 15.6 Å². The predicted octanol–water partition coefficient (Wildman–Crippen LogP) is 2.90. The minimum absolute atomic E-state index is 0. The summed E-state index contributed by atoms with van der Waals surface area (Å²) in [5.74, 6) is -0.139. The maximum Gasteiger partial charge on any atom is 0.253 e. The molecular formula is C12H15Cl3N2O. The van der Waals surface area contributed by atoms with Gasteiger partial charge in [-0.1, -0.05) is 23.2 Å². The van der Waals surface area contributed by atoms with E-state index in [4.69, 9.17) is 23.2 Å². The summed E-state index contributed by atoms with van der Waals surface area (Å²) >= 11 is 11.8. The van der Waals surface area contributed by atoms with Crippen molar-refractivity contribution in [3.8, 4) is 0 Å². The Bertz CT molecular complexity index is 420. The van der Waals surface area contributed by atoms with Gasteiger partial charge in [0.05, 0.1) is 10.6 Å². The number of nitrogens with one attached hydrogen (secondary N) is 2. The summed E-state index contributed by atoms with van der Waals surface area (Å²) in [6, 6.07) is 5.08.